The highest BCUT2D eigenvalue weighted by Crippen LogP contribution is 2.32. The van der Waals surface area contributed by atoms with Crippen LogP contribution in [-0.2, 0) is 0 Å². The molecule has 0 spiro atoms. The molecule has 5 aromatic rings. The van der Waals surface area contributed by atoms with Gasteiger partial charge in [-0.05, 0) is 82.2 Å². The Kier molecular flexibility index (Phi) is 12.7. The van der Waals surface area contributed by atoms with Gasteiger partial charge in [0, 0.05) is 23.3 Å². The Bertz CT molecular complexity index is 1600. The summed E-state index contributed by atoms with van der Waals surface area (Å²) in [6.45, 7) is 4.13. The van der Waals surface area contributed by atoms with Crippen LogP contribution in [0.25, 0.3) is 33.9 Å². The minimum atomic E-state index is 0.478. The van der Waals surface area contributed by atoms with E-state index in [0.717, 1.165) is 48.2 Å². The number of rotatable bonds is 20. The Morgan fingerprint density at radius 2 is 0.875 bits per heavy atom. The molecule has 5 rings (SSSR count). The van der Waals surface area contributed by atoms with Gasteiger partial charge in [0.25, 0.3) is 0 Å². The summed E-state index contributed by atoms with van der Waals surface area (Å²) in [5.41, 5.74) is 27.3. The van der Waals surface area contributed by atoms with Crippen LogP contribution in [0.3, 0.4) is 0 Å². The number of aromatic nitrogens is 6. The van der Waals surface area contributed by atoms with Crippen LogP contribution < -0.4 is 41.9 Å². The van der Waals surface area contributed by atoms with E-state index in [0.29, 0.717) is 87.0 Å². The lowest BCUT2D eigenvalue weighted by Crippen LogP contribution is -2.09. The molecule has 254 valence electrons. The summed E-state index contributed by atoms with van der Waals surface area (Å²) in [4.78, 5) is 0. The van der Waals surface area contributed by atoms with E-state index in [1.54, 1.807) is 9.36 Å². The minimum absolute atomic E-state index is 0.478. The molecule has 14 nitrogen and oxygen atoms in total. The molecule has 0 aliphatic heterocycles. The monoisotopic (exact) mass is 656 g/mol. The molecule has 0 saturated carbocycles. The zero-order valence-corrected chi connectivity index (χ0v) is 27.0. The molecule has 8 N–H and O–H groups in total. The van der Waals surface area contributed by atoms with Gasteiger partial charge in [0.2, 0.25) is 0 Å². The number of hydrogen-bond acceptors (Lipinski definition) is 12. The van der Waals surface area contributed by atoms with E-state index in [1.165, 1.54) is 0 Å². The predicted molar refractivity (Wildman–Crippen MR) is 184 cm³/mol. The first-order valence-electron chi connectivity index (χ1n) is 16.2. The van der Waals surface area contributed by atoms with Crippen LogP contribution in [0, 0.1) is 0 Å². The van der Waals surface area contributed by atoms with Crippen LogP contribution in [0.1, 0.15) is 25.7 Å². The molecular formula is C34H44N10O4. The Morgan fingerprint density at radius 1 is 0.479 bits per heavy atom. The zero-order valence-electron chi connectivity index (χ0n) is 27.0. The van der Waals surface area contributed by atoms with Gasteiger partial charge in [0.05, 0.1) is 50.2 Å². The molecule has 2 heterocycles. The van der Waals surface area contributed by atoms with Gasteiger partial charge in [-0.3, -0.25) is 0 Å². The highest BCUT2D eigenvalue weighted by atomic mass is 16.5. The van der Waals surface area contributed by atoms with Crippen LogP contribution in [0.4, 0.5) is 0 Å². The first-order chi connectivity index (χ1) is 23.6. The van der Waals surface area contributed by atoms with Gasteiger partial charge < -0.3 is 41.9 Å². The van der Waals surface area contributed by atoms with Gasteiger partial charge in [-0.25, -0.2) is 9.36 Å². The van der Waals surface area contributed by atoms with Crippen molar-refractivity contribution in [3.05, 3.63) is 73.1 Å². The summed E-state index contributed by atoms with van der Waals surface area (Å²) in [5, 5.41) is 17.7. The lowest BCUT2D eigenvalue weighted by atomic mass is 10.1. The zero-order chi connectivity index (χ0) is 33.6. The SMILES string of the molecule is NCCCOc1ccc(-n2cc(-c3cccc(-c4cn(-c5ccc(OCCCN)c(OCCCN)c5)nn4)c3)nn2)cc1OCCCN. The van der Waals surface area contributed by atoms with E-state index in [4.69, 9.17) is 41.9 Å². The van der Waals surface area contributed by atoms with Crippen molar-refractivity contribution in [2.45, 2.75) is 25.7 Å². The lowest BCUT2D eigenvalue weighted by Gasteiger charge is -2.14. The highest BCUT2D eigenvalue weighted by Gasteiger charge is 2.14. The second-order valence-corrected chi connectivity index (χ2v) is 10.9. The lowest BCUT2D eigenvalue weighted by molar-refractivity contribution is 0.265. The maximum Gasteiger partial charge on any atom is 0.163 e. The molecule has 0 unspecified atom stereocenters. The molecule has 14 heteroatoms. The van der Waals surface area contributed by atoms with Crippen molar-refractivity contribution < 1.29 is 18.9 Å². The molecule has 0 aliphatic rings. The van der Waals surface area contributed by atoms with Gasteiger partial charge in [0.1, 0.15) is 11.4 Å². The number of nitrogens with zero attached hydrogens (tertiary/aromatic N) is 6. The predicted octanol–water partition coefficient (Wildman–Crippen LogP) is 3.09. The Hall–Kier alpha value is -5.02. The number of hydrogen-bond donors (Lipinski definition) is 4. The average molecular weight is 657 g/mol. The molecule has 0 radical (unpaired) electrons. The molecule has 3 aromatic carbocycles. The normalized spacial score (nSPS) is 11.1. The molecule has 0 amide bonds. The first kappa shape index (κ1) is 34.3. The summed E-state index contributed by atoms with van der Waals surface area (Å²) in [7, 11) is 0. The fraction of sp³-hybridized carbons (Fsp3) is 0.353. The van der Waals surface area contributed by atoms with Gasteiger partial charge in [-0.2, -0.15) is 0 Å². The third-order valence-electron chi connectivity index (χ3n) is 7.25. The Balaban J connectivity index is 1.34. The number of ether oxygens (including phenoxy) is 4. The van der Waals surface area contributed by atoms with Crippen LogP contribution in [0.2, 0.25) is 0 Å². The van der Waals surface area contributed by atoms with E-state index < -0.39 is 0 Å². The van der Waals surface area contributed by atoms with Crippen LogP contribution in [0.5, 0.6) is 23.0 Å². The van der Waals surface area contributed by atoms with Crippen molar-refractivity contribution in [1.29, 1.82) is 0 Å². The maximum absolute atomic E-state index is 5.98. The smallest absolute Gasteiger partial charge is 0.163 e. The van der Waals surface area contributed by atoms with Crippen LogP contribution >= 0.6 is 0 Å². The molecule has 0 fully saturated rings. The Labute approximate surface area is 279 Å². The molecule has 2 aromatic heterocycles. The largest absolute Gasteiger partial charge is 0.490 e. The maximum atomic E-state index is 5.98. The summed E-state index contributed by atoms with van der Waals surface area (Å²) in [5.74, 6) is 2.52. The average Bonchev–Trinajstić information content (AvgIpc) is 3.81. The van der Waals surface area contributed by atoms with Crippen molar-refractivity contribution in [3.8, 4) is 56.9 Å². The third-order valence-corrected chi connectivity index (χ3v) is 7.25. The first-order valence-corrected chi connectivity index (χ1v) is 16.2. The van der Waals surface area contributed by atoms with Crippen molar-refractivity contribution in [2.75, 3.05) is 52.6 Å². The van der Waals surface area contributed by atoms with Crippen molar-refractivity contribution in [3.63, 3.8) is 0 Å². The molecule has 48 heavy (non-hydrogen) atoms. The standard InChI is InChI=1S/C34H44N10O4/c35-12-2-16-45-31-10-8-27(21-33(31)47-18-4-14-37)43-23-29(39-41-43)25-6-1-7-26(20-25)30-24-44(42-40-30)28-9-11-32(46-17-3-13-36)34(22-28)48-19-5-15-38/h1,6-11,20-24H,2-5,12-19,35-38H2. The van der Waals surface area contributed by atoms with Gasteiger partial charge in [0.15, 0.2) is 23.0 Å². The van der Waals surface area contributed by atoms with Gasteiger partial charge in [-0.15, -0.1) is 10.2 Å². The quantitative estimate of drug-likeness (QED) is 0.0893. The fourth-order valence-electron chi connectivity index (χ4n) is 4.69. The van der Waals surface area contributed by atoms with E-state index in [-0.39, 0.29) is 0 Å². The second-order valence-electron chi connectivity index (χ2n) is 10.9. The molecule has 0 atom stereocenters. The summed E-state index contributed by atoms with van der Waals surface area (Å²) >= 11 is 0. The van der Waals surface area contributed by atoms with E-state index in [9.17, 15) is 0 Å². The number of benzene rings is 3. The molecule has 0 saturated heterocycles. The van der Waals surface area contributed by atoms with E-state index in [2.05, 4.69) is 20.6 Å². The summed E-state index contributed by atoms with van der Waals surface area (Å²) in [6.07, 6.45) is 6.68. The van der Waals surface area contributed by atoms with Crippen LogP contribution in [0.15, 0.2) is 73.1 Å². The van der Waals surface area contributed by atoms with Gasteiger partial charge in [-0.1, -0.05) is 28.6 Å². The van der Waals surface area contributed by atoms with Gasteiger partial charge >= 0.3 is 0 Å². The molecule has 0 bridgehead atoms. The Morgan fingerprint density at radius 3 is 1.27 bits per heavy atom. The molecular weight excluding hydrogens is 612 g/mol. The minimum Gasteiger partial charge on any atom is -0.490 e. The van der Waals surface area contributed by atoms with Crippen molar-refractivity contribution in [1.82, 2.24) is 30.0 Å². The van der Waals surface area contributed by atoms with Crippen LogP contribution in [-0.4, -0.2) is 82.6 Å². The summed E-state index contributed by atoms with van der Waals surface area (Å²) < 4.78 is 27.2. The van der Waals surface area contributed by atoms with E-state index >= 15 is 0 Å². The topological polar surface area (TPSA) is 202 Å². The fourth-order valence-corrected chi connectivity index (χ4v) is 4.69. The molecule has 0 aliphatic carbocycles. The summed E-state index contributed by atoms with van der Waals surface area (Å²) in [6, 6.07) is 19.2. The van der Waals surface area contributed by atoms with Crippen molar-refractivity contribution in [2.24, 2.45) is 22.9 Å². The third kappa shape index (κ3) is 9.07. The van der Waals surface area contributed by atoms with E-state index in [1.807, 2.05) is 73.1 Å². The second kappa shape index (κ2) is 17.8. The number of nitrogens with two attached hydrogens (primary N) is 4. The van der Waals surface area contributed by atoms with Crippen molar-refractivity contribution >= 4 is 0 Å². The highest BCUT2D eigenvalue weighted by molar-refractivity contribution is 5.69.